The molecule has 4 aromatic rings. The third-order valence-electron chi connectivity index (χ3n) is 13.8. The van der Waals surface area contributed by atoms with Crippen LogP contribution in [-0.2, 0) is 41.8 Å². The third kappa shape index (κ3) is 8.74. The van der Waals surface area contributed by atoms with Gasteiger partial charge in [0.05, 0.1) is 0 Å². The average Bonchev–Trinajstić information content (AvgIpc) is 3.92. The fourth-order valence-corrected chi connectivity index (χ4v) is 54.3. The summed E-state index contributed by atoms with van der Waals surface area (Å²) in [6.45, 7) is 29.7. The van der Waals surface area contributed by atoms with Crippen LogP contribution in [0.1, 0.15) is 84.9 Å². The Hall–Kier alpha value is -1.90. The molecule has 4 aromatic carbocycles. The van der Waals surface area contributed by atoms with Crippen LogP contribution in [-0.4, -0.2) is 11.8 Å². The van der Waals surface area contributed by atoms with Gasteiger partial charge in [0.25, 0.3) is 0 Å². The Bertz CT molecular complexity index is 2170. The van der Waals surface area contributed by atoms with E-state index in [0.717, 1.165) is 7.25 Å². The molecule has 58 heavy (non-hydrogen) atoms. The fraction of sp³-hybridized carbons (Fsp3) is 0.308. The molecule has 0 saturated carbocycles. The summed E-state index contributed by atoms with van der Waals surface area (Å²) in [6.07, 6.45) is 10.1. The summed E-state index contributed by atoms with van der Waals surface area (Å²) in [5, 5.41) is 0. The van der Waals surface area contributed by atoms with Crippen molar-refractivity contribution in [2.45, 2.75) is 88.8 Å². The summed E-state index contributed by atoms with van der Waals surface area (Å²) in [7, 11) is 0. The van der Waals surface area contributed by atoms with E-state index in [1.165, 1.54) is 33.4 Å². The molecule has 0 amide bonds. The minimum atomic E-state index is -1.80. The molecule has 4 unspecified atom stereocenters. The second-order valence-corrected chi connectivity index (χ2v) is 56.6. The fourth-order valence-electron chi connectivity index (χ4n) is 10.3. The van der Waals surface area contributed by atoms with Gasteiger partial charge < -0.3 is 24.8 Å². The van der Waals surface area contributed by atoms with Crippen molar-refractivity contribution in [3.8, 4) is 22.3 Å². The van der Waals surface area contributed by atoms with Crippen LogP contribution in [0.3, 0.4) is 0 Å². The number of fused-ring (bicyclic) bond motifs is 2. The topological polar surface area (TPSA) is 0 Å². The van der Waals surface area contributed by atoms with Crippen LogP contribution in [0.25, 0.3) is 34.4 Å². The Morgan fingerprint density at radius 3 is 1.07 bits per heavy atom. The first-order chi connectivity index (χ1) is 26.8. The molecule has 0 aromatic heterocycles. The number of rotatable bonds is 8. The van der Waals surface area contributed by atoms with Crippen molar-refractivity contribution >= 4 is 24.0 Å². The molecule has 8 rings (SSSR count). The minimum absolute atomic E-state index is 0. The van der Waals surface area contributed by atoms with E-state index in [4.69, 9.17) is 0 Å². The molecule has 0 heterocycles. The van der Waals surface area contributed by atoms with Gasteiger partial charge in [-0.05, 0) is 0 Å². The third-order valence-corrected chi connectivity index (χ3v) is 55.4. The van der Waals surface area contributed by atoms with Gasteiger partial charge in [-0.25, -0.2) is 0 Å². The van der Waals surface area contributed by atoms with Crippen molar-refractivity contribution in [2.75, 3.05) is 0 Å². The van der Waals surface area contributed by atoms with Crippen LogP contribution in [0.2, 0.25) is 26.2 Å². The predicted octanol–water partition coefficient (Wildman–Crippen LogP) is 8.57. The molecule has 0 radical (unpaired) electrons. The molecule has 6 heteroatoms. The van der Waals surface area contributed by atoms with Crippen molar-refractivity contribution in [3.63, 3.8) is 0 Å². The van der Waals surface area contributed by atoms with Gasteiger partial charge in [-0.2, -0.15) is 0 Å². The first-order valence-corrected chi connectivity index (χ1v) is 40.7. The van der Waals surface area contributed by atoms with Gasteiger partial charge in [-0.3, -0.25) is 0 Å². The van der Waals surface area contributed by atoms with E-state index in [0.29, 0.717) is 11.8 Å². The Kier molecular flexibility index (Phi) is 16.2. The molecule has 4 aliphatic carbocycles. The molecule has 0 spiro atoms. The van der Waals surface area contributed by atoms with E-state index in [2.05, 4.69) is 203 Å². The number of halogens is 2. The molecule has 0 aliphatic heterocycles. The smallest absolute Gasteiger partial charge is 1.00 e. The zero-order valence-electron chi connectivity index (χ0n) is 36.8. The quantitative estimate of drug-likeness (QED) is 0.156. The van der Waals surface area contributed by atoms with Gasteiger partial charge in [-0.1, -0.05) is 0 Å². The van der Waals surface area contributed by atoms with E-state index in [9.17, 15) is 0 Å². The Morgan fingerprint density at radius 1 is 0.431 bits per heavy atom. The molecular formula is C52H62Cl2Si2Zr2. The maximum absolute atomic E-state index is 2.62. The van der Waals surface area contributed by atoms with Crippen LogP contribution < -0.4 is 24.8 Å². The number of hydrogen-bond donors (Lipinski definition) is 0. The second-order valence-electron chi connectivity index (χ2n) is 17.4. The molecule has 4 aliphatic rings. The van der Waals surface area contributed by atoms with Crippen LogP contribution >= 0.6 is 0 Å². The van der Waals surface area contributed by atoms with E-state index in [1.807, 2.05) is 6.56 Å². The average molecular weight is 997 g/mol. The molecule has 4 atom stereocenters. The zero-order chi connectivity index (χ0) is 40.0. The van der Waals surface area contributed by atoms with Crippen LogP contribution in [0.4, 0.5) is 0 Å². The van der Waals surface area contributed by atoms with Gasteiger partial charge in [0, 0.05) is 0 Å². The summed E-state index contributed by atoms with van der Waals surface area (Å²) >= 11 is -3.59. The molecule has 0 bridgehead atoms. The first kappa shape index (κ1) is 47.2. The Labute approximate surface area is 381 Å². The van der Waals surface area contributed by atoms with Gasteiger partial charge in [0.2, 0.25) is 0 Å². The summed E-state index contributed by atoms with van der Waals surface area (Å²) in [4.78, 5) is 0. The summed E-state index contributed by atoms with van der Waals surface area (Å²) < 4.78 is 5.29. The van der Waals surface area contributed by atoms with Crippen LogP contribution in [0.15, 0.2) is 149 Å². The van der Waals surface area contributed by atoms with Gasteiger partial charge in [0.1, 0.15) is 0 Å². The molecule has 0 fully saturated rings. The largest absolute Gasteiger partial charge is 1.00 e. The molecular weight excluding hydrogens is 934 g/mol. The van der Waals surface area contributed by atoms with Gasteiger partial charge in [0.15, 0.2) is 0 Å². The van der Waals surface area contributed by atoms with E-state index in [-0.39, 0.29) is 24.8 Å². The molecule has 300 valence electrons. The SMILES string of the molecule is CC1=C(C)C(C)[C]([Zr+]([CH]2C=Cc3c(-c4ccccc4)cccc32)[SiH](C)C)=C1C.CC1=C(C)C(C)[C]([Zr+]([CH]2C=Cc3c(-c4ccccc4)cccc32)[SiH](C)C)=C1C.[Cl-].[Cl-]. The van der Waals surface area contributed by atoms with E-state index in [1.54, 1.807) is 44.6 Å². The van der Waals surface area contributed by atoms with Crippen LogP contribution in [0.5, 0.6) is 0 Å². The summed E-state index contributed by atoms with van der Waals surface area (Å²) in [6, 6.07) is 35.8. The zero-order valence-corrected chi connectivity index (χ0v) is 45.5. The van der Waals surface area contributed by atoms with Crippen molar-refractivity contribution in [1.82, 2.24) is 0 Å². The van der Waals surface area contributed by atoms with Crippen LogP contribution in [0, 0.1) is 11.8 Å². The standard InChI is InChI=1S/2C15H11.2C9H13.2C2H7Si.2ClH.2Zr/c2*1-2-6-12(7-3-1)14-10-4-8-13-9-5-11-15(13)14;2*1-6-5-7(2)9(4)8(6)3;2*1-3-2;;;;/h2*1-11H;2*6H,1-4H3;2*3H,1-2H3;2*1H;;/q;;;;;;;;2*+1/p-2. The number of hydrogen-bond acceptors (Lipinski definition) is 0. The van der Waals surface area contributed by atoms with Crippen molar-refractivity contribution in [2.24, 2.45) is 11.8 Å². The number of allylic oxidation sites excluding steroid dienone is 10. The van der Waals surface area contributed by atoms with Crippen molar-refractivity contribution < 1.29 is 66.6 Å². The Morgan fingerprint density at radius 2 is 0.776 bits per heavy atom. The van der Waals surface area contributed by atoms with E-state index >= 15 is 0 Å². The Balaban J connectivity index is 0.000000214. The maximum Gasteiger partial charge on any atom is -1.00 e. The summed E-state index contributed by atoms with van der Waals surface area (Å²) in [5.41, 5.74) is 21.4. The normalized spacial score (nSPS) is 20.4. The number of benzene rings is 4. The first-order valence-electron chi connectivity index (χ1n) is 21.1. The van der Waals surface area contributed by atoms with E-state index < -0.39 is 53.7 Å². The minimum Gasteiger partial charge on any atom is -1.00 e. The molecule has 0 nitrogen and oxygen atoms in total. The predicted molar refractivity (Wildman–Crippen MR) is 246 cm³/mol. The summed E-state index contributed by atoms with van der Waals surface area (Å²) in [5.74, 6) is -0.0621. The maximum atomic E-state index is 2.62. The van der Waals surface area contributed by atoms with Gasteiger partial charge in [-0.15, -0.1) is 0 Å². The van der Waals surface area contributed by atoms with Gasteiger partial charge >= 0.3 is 360 Å². The molecule has 0 saturated heterocycles. The monoisotopic (exact) mass is 992 g/mol. The molecule has 0 N–H and O–H groups in total. The van der Waals surface area contributed by atoms with Crippen molar-refractivity contribution in [3.05, 3.63) is 171 Å². The van der Waals surface area contributed by atoms with Crippen molar-refractivity contribution in [1.29, 1.82) is 0 Å². The second kappa shape index (κ2) is 19.9.